The van der Waals surface area contributed by atoms with Gasteiger partial charge < -0.3 is 10.1 Å². The Labute approximate surface area is 143 Å². The van der Waals surface area contributed by atoms with Crippen molar-refractivity contribution < 1.29 is 4.74 Å². The third-order valence-electron chi connectivity index (χ3n) is 4.89. The van der Waals surface area contributed by atoms with Gasteiger partial charge in [-0.1, -0.05) is 35.9 Å². The Bertz CT molecular complexity index is 760. The molecule has 2 aliphatic rings. The predicted molar refractivity (Wildman–Crippen MR) is 99.3 cm³/mol. The van der Waals surface area contributed by atoms with Crippen LogP contribution in [0.15, 0.2) is 41.4 Å². The Morgan fingerprint density at radius 2 is 1.96 bits per heavy atom. The maximum absolute atomic E-state index is 6.41. The van der Waals surface area contributed by atoms with Gasteiger partial charge in [-0.05, 0) is 62.0 Å². The van der Waals surface area contributed by atoms with Gasteiger partial charge in [0.05, 0.1) is 0 Å². The van der Waals surface area contributed by atoms with Crippen molar-refractivity contribution in [3.05, 3.63) is 53.1 Å². The van der Waals surface area contributed by atoms with Gasteiger partial charge in [-0.3, -0.25) is 4.99 Å². The predicted octanol–water partition coefficient (Wildman–Crippen LogP) is 3.77. The molecule has 0 amide bonds. The van der Waals surface area contributed by atoms with Crippen molar-refractivity contribution in [3.63, 3.8) is 0 Å². The van der Waals surface area contributed by atoms with E-state index in [4.69, 9.17) is 4.74 Å². The Kier molecular flexibility index (Phi) is 4.35. The largest absolute Gasteiger partial charge is 0.490 e. The molecule has 1 saturated heterocycles. The minimum absolute atomic E-state index is 0.304. The number of benzene rings is 2. The van der Waals surface area contributed by atoms with Crippen LogP contribution in [0.2, 0.25) is 0 Å². The van der Waals surface area contributed by atoms with Crippen LogP contribution in [0.5, 0.6) is 5.75 Å². The summed E-state index contributed by atoms with van der Waals surface area (Å²) in [5, 5.41) is 3.40. The molecule has 2 aliphatic heterocycles. The summed E-state index contributed by atoms with van der Waals surface area (Å²) in [5.74, 6) is 0.999. The van der Waals surface area contributed by atoms with Crippen molar-refractivity contribution in [1.29, 1.82) is 0 Å². The molecule has 3 nitrogen and oxygen atoms in total. The molecule has 0 bridgehead atoms. The van der Waals surface area contributed by atoms with Gasteiger partial charge in [0, 0.05) is 18.3 Å². The van der Waals surface area contributed by atoms with E-state index in [0.29, 0.717) is 6.10 Å². The maximum Gasteiger partial charge on any atom is 0.129 e. The fourth-order valence-electron chi connectivity index (χ4n) is 3.56. The molecule has 3 heteroatoms. The molecule has 0 radical (unpaired) electrons. The minimum atomic E-state index is 0.304. The molecule has 0 aromatic heterocycles. The molecule has 4 rings (SSSR count). The normalized spacial score (nSPS) is 17.5. The van der Waals surface area contributed by atoms with Gasteiger partial charge in [-0.15, -0.1) is 0 Å². The van der Waals surface area contributed by atoms with E-state index in [2.05, 4.69) is 53.6 Å². The molecule has 0 atom stereocenters. The summed E-state index contributed by atoms with van der Waals surface area (Å²) in [4.78, 5) is 4.47. The molecule has 2 aromatic carbocycles. The number of hydrogen-bond donors (Lipinski definition) is 1. The maximum atomic E-state index is 6.41. The van der Waals surface area contributed by atoms with Crippen LogP contribution < -0.4 is 10.1 Å². The SMILES string of the molecule is Cc1cccc(-c2cc3c(c(OC4CCNCC4)c2)C=NCC3)c1. The molecule has 0 spiro atoms. The molecule has 1 fully saturated rings. The van der Waals surface area contributed by atoms with Crippen molar-refractivity contribution in [2.24, 2.45) is 4.99 Å². The summed E-state index contributed by atoms with van der Waals surface area (Å²) in [6.45, 7) is 5.09. The van der Waals surface area contributed by atoms with Crippen molar-refractivity contribution in [2.45, 2.75) is 32.3 Å². The number of piperidine rings is 1. The topological polar surface area (TPSA) is 33.6 Å². The van der Waals surface area contributed by atoms with Crippen LogP contribution in [0, 0.1) is 6.92 Å². The number of fused-ring (bicyclic) bond motifs is 1. The number of aliphatic imine (C=N–C) groups is 1. The molecular weight excluding hydrogens is 296 g/mol. The van der Waals surface area contributed by atoms with Crippen molar-refractivity contribution in [1.82, 2.24) is 5.32 Å². The zero-order valence-electron chi connectivity index (χ0n) is 14.2. The average Bonchev–Trinajstić information content (AvgIpc) is 2.62. The second-order valence-corrected chi connectivity index (χ2v) is 6.77. The molecule has 2 heterocycles. The van der Waals surface area contributed by atoms with Gasteiger partial charge in [0.15, 0.2) is 0 Å². The fraction of sp³-hybridized carbons (Fsp3) is 0.381. The number of nitrogens with one attached hydrogen (secondary N) is 1. The second-order valence-electron chi connectivity index (χ2n) is 6.77. The van der Waals surface area contributed by atoms with E-state index in [0.717, 1.165) is 44.6 Å². The Morgan fingerprint density at radius 1 is 1.08 bits per heavy atom. The number of ether oxygens (including phenoxy) is 1. The highest BCUT2D eigenvalue weighted by atomic mass is 16.5. The van der Waals surface area contributed by atoms with Crippen LogP contribution in [0.25, 0.3) is 11.1 Å². The van der Waals surface area contributed by atoms with Crippen LogP contribution in [0.4, 0.5) is 0 Å². The van der Waals surface area contributed by atoms with Crippen LogP contribution >= 0.6 is 0 Å². The summed E-state index contributed by atoms with van der Waals surface area (Å²) in [6.07, 6.45) is 5.43. The highest BCUT2D eigenvalue weighted by Crippen LogP contribution is 2.33. The summed E-state index contributed by atoms with van der Waals surface area (Å²) in [5.41, 5.74) is 6.32. The average molecular weight is 320 g/mol. The molecular formula is C21H24N2O. The zero-order chi connectivity index (χ0) is 16.4. The van der Waals surface area contributed by atoms with E-state index in [1.54, 1.807) is 0 Å². The lowest BCUT2D eigenvalue weighted by Crippen LogP contribution is -2.34. The smallest absolute Gasteiger partial charge is 0.129 e. The van der Waals surface area contributed by atoms with E-state index in [1.807, 2.05) is 6.21 Å². The van der Waals surface area contributed by atoms with Crippen LogP contribution in [0.1, 0.15) is 29.5 Å². The van der Waals surface area contributed by atoms with Crippen molar-refractivity contribution >= 4 is 6.21 Å². The third kappa shape index (κ3) is 3.22. The number of rotatable bonds is 3. The molecule has 124 valence electrons. The first kappa shape index (κ1) is 15.4. The standard InChI is InChI=1S/C21H24N2O/c1-15-3-2-4-16(11-15)18-12-17-5-8-23-14-20(17)21(13-18)24-19-6-9-22-10-7-19/h2-4,11-14,19,22H,5-10H2,1H3. The fourth-order valence-corrected chi connectivity index (χ4v) is 3.56. The van der Waals surface area contributed by atoms with Gasteiger partial charge in [-0.25, -0.2) is 0 Å². The summed E-state index contributed by atoms with van der Waals surface area (Å²) in [7, 11) is 0. The van der Waals surface area contributed by atoms with E-state index in [1.165, 1.54) is 27.8 Å². The monoisotopic (exact) mass is 320 g/mol. The van der Waals surface area contributed by atoms with Gasteiger partial charge in [0.2, 0.25) is 0 Å². The highest BCUT2D eigenvalue weighted by Gasteiger charge is 2.19. The molecule has 24 heavy (non-hydrogen) atoms. The first-order valence-corrected chi connectivity index (χ1v) is 8.91. The Hall–Kier alpha value is -2.13. The Morgan fingerprint density at radius 3 is 2.79 bits per heavy atom. The lowest BCUT2D eigenvalue weighted by molar-refractivity contribution is 0.162. The molecule has 0 saturated carbocycles. The third-order valence-corrected chi connectivity index (χ3v) is 4.89. The van der Waals surface area contributed by atoms with Crippen molar-refractivity contribution in [3.8, 4) is 16.9 Å². The molecule has 2 aromatic rings. The lowest BCUT2D eigenvalue weighted by atomic mass is 9.94. The van der Waals surface area contributed by atoms with E-state index >= 15 is 0 Å². The number of hydrogen-bond acceptors (Lipinski definition) is 3. The first-order chi connectivity index (χ1) is 11.8. The lowest BCUT2D eigenvalue weighted by Gasteiger charge is -2.26. The van der Waals surface area contributed by atoms with Gasteiger partial charge in [-0.2, -0.15) is 0 Å². The van der Waals surface area contributed by atoms with Gasteiger partial charge in [0.25, 0.3) is 0 Å². The van der Waals surface area contributed by atoms with E-state index in [9.17, 15) is 0 Å². The number of aryl methyl sites for hydroxylation is 1. The highest BCUT2D eigenvalue weighted by molar-refractivity contribution is 5.88. The summed E-state index contributed by atoms with van der Waals surface area (Å²) >= 11 is 0. The molecule has 1 N–H and O–H groups in total. The summed E-state index contributed by atoms with van der Waals surface area (Å²) < 4.78 is 6.41. The zero-order valence-corrected chi connectivity index (χ0v) is 14.2. The van der Waals surface area contributed by atoms with Gasteiger partial charge in [0.1, 0.15) is 11.9 Å². The molecule has 0 aliphatic carbocycles. The molecule has 0 unspecified atom stereocenters. The van der Waals surface area contributed by atoms with Crippen molar-refractivity contribution in [2.75, 3.05) is 19.6 Å². The summed E-state index contributed by atoms with van der Waals surface area (Å²) in [6, 6.07) is 13.2. The van der Waals surface area contributed by atoms with Crippen LogP contribution in [-0.4, -0.2) is 32.0 Å². The second kappa shape index (κ2) is 6.78. The first-order valence-electron chi connectivity index (χ1n) is 8.91. The van der Waals surface area contributed by atoms with E-state index < -0.39 is 0 Å². The van der Waals surface area contributed by atoms with Crippen LogP contribution in [-0.2, 0) is 6.42 Å². The Balaban J connectivity index is 1.73. The quantitative estimate of drug-likeness (QED) is 0.934. The minimum Gasteiger partial charge on any atom is -0.490 e. The number of nitrogens with zero attached hydrogens (tertiary/aromatic N) is 1. The van der Waals surface area contributed by atoms with Crippen LogP contribution in [0.3, 0.4) is 0 Å². The van der Waals surface area contributed by atoms with E-state index in [-0.39, 0.29) is 0 Å². The van der Waals surface area contributed by atoms with Gasteiger partial charge >= 0.3 is 0 Å².